The van der Waals surface area contributed by atoms with Gasteiger partial charge in [-0.3, -0.25) is 0 Å². The zero-order valence-electron chi connectivity index (χ0n) is 20.5. The second-order valence-electron chi connectivity index (χ2n) is 9.90. The summed E-state index contributed by atoms with van der Waals surface area (Å²) < 4.78 is 0. The molecular weight excluding hydrogens is 432 g/mol. The molecule has 0 heteroatoms. The number of fused-ring (bicyclic) bond motifs is 4. The van der Waals surface area contributed by atoms with Gasteiger partial charge in [0.1, 0.15) is 0 Å². The monoisotopic (exact) mass is 458 g/mol. The molecule has 0 N–H and O–H groups in total. The lowest BCUT2D eigenvalue weighted by Crippen LogP contribution is -1.93. The average molecular weight is 459 g/mol. The zero-order chi connectivity index (χ0) is 24.2. The first-order chi connectivity index (χ1) is 17.7. The molecule has 0 amide bonds. The van der Waals surface area contributed by atoms with Gasteiger partial charge in [0.25, 0.3) is 0 Å². The van der Waals surface area contributed by atoms with Crippen LogP contribution in [0.3, 0.4) is 0 Å². The molecule has 0 saturated heterocycles. The molecule has 0 aliphatic heterocycles. The lowest BCUT2D eigenvalue weighted by molar-refractivity contribution is 1.50. The molecule has 0 fully saturated rings. The van der Waals surface area contributed by atoms with Gasteiger partial charge in [-0.15, -0.1) is 0 Å². The Hall–Kier alpha value is -4.42. The summed E-state index contributed by atoms with van der Waals surface area (Å²) in [4.78, 5) is 0. The van der Waals surface area contributed by atoms with Gasteiger partial charge in [-0.2, -0.15) is 0 Å². The van der Waals surface area contributed by atoms with E-state index < -0.39 is 0 Å². The molecular formula is C36H26. The molecule has 7 aromatic rings. The Balaban J connectivity index is 1.73. The molecule has 0 nitrogen and oxygen atoms in total. The Morgan fingerprint density at radius 2 is 0.750 bits per heavy atom. The summed E-state index contributed by atoms with van der Waals surface area (Å²) in [6, 6.07) is 44.8. The van der Waals surface area contributed by atoms with Crippen LogP contribution in [0.5, 0.6) is 0 Å². The fourth-order valence-electron chi connectivity index (χ4n) is 5.92. The predicted molar refractivity (Wildman–Crippen MR) is 157 cm³/mol. The molecule has 0 aliphatic rings. The maximum Gasteiger partial charge on any atom is -0.00200 e. The van der Waals surface area contributed by atoms with Crippen molar-refractivity contribution in [2.75, 3.05) is 0 Å². The second-order valence-corrected chi connectivity index (χ2v) is 9.90. The predicted octanol–water partition coefficient (Wildman–Crippen LogP) is 10.3. The number of rotatable bonds is 2. The van der Waals surface area contributed by atoms with Crippen molar-refractivity contribution in [3.63, 3.8) is 0 Å². The van der Waals surface area contributed by atoms with Crippen LogP contribution in [0.4, 0.5) is 0 Å². The summed E-state index contributed by atoms with van der Waals surface area (Å²) in [5.41, 5.74) is 7.79. The van der Waals surface area contributed by atoms with E-state index in [0.29, 0.717) is 0 Å². The second kappa shape index (κ2) is 8.07. The van der Waals surface area contributed by atoms with Gasteiger partial charge in [-0.25, -0.2) is 0 Å². The Bertz CT molecular complexity index is 1800. The highest BCUT2D eigenvalue weighted by atomic mass is 14.2. The Morgan fingerprint density at radius 3 is 1.22 bits per heavy atom. The summed E-state index contributed by atoms with van der Waals surface area (Å²) in [5.74, 6) is 0. The maximum absolute atomic E-state index is 2.38. The first-order valence-electron chi connectivity index (χ1n) is 12.6. The van der Waals surface area contributed by atoms with Crippen LogP contribution in [0.15, 0.2) is 121 Å². The van der Waals surface area contributed by atoms with Crippen molar-refractivity contribution in [3.8, 4) is 22.3 Å². The van der Waals surface area contributed by atoms with Gasteiger partial charge in [0.15, 0.2) is 0 Å². The van der Waals surface area contributed by atoms with Gasteiger partial charge >= 0.3 is 0 Å². The molecule has 36 heavy (non-hydrogen) atoms. The van der Waals surface area contributed by atoms with E-state index in [2.05, 4.69) is 135 Å². The third-order valence-electron chi connectivity index (χ3n) is 7.55. The van der Waals surface area contributed by atoms with Crippen LogP contribution in [-0.4, -0.2) is 0 Å². The number of hydrogen-bond acceptors (Lipinski definition) is 0. The highest BCUT2D eigenvalue weighted by molar-refractivity contribution is 6.25. The third kappa shape index (κ3) is 3.15. The van der Waals surface area contributed by atoms with Gasteiger partial charge in [-0.1, -0.05) is 132 Å². The van der Waals surface area contributed by atoms with Crippen molar-refractivity contribution in [1.82, 2.24) is 0 Å². The molecule has 0 unspecified atom stereocenters. The van der Waals surface area contributed by atoms with E-state index in [0.717, 1.165) is 0 Å². The minimum Gasteiger partial charge on any atom is -0.0616 e. The topological polar surface area (TPSA) is 0 Å². The highest BCUT2D eigenvalue weighted by Crippen LogP contribution is 2.47. The normalized spacial score (nSPS) is 11.6. The van der Waals surface area contributed by atoms with Crippen molar-refractivity contribution in [3.05, 3.63) is 132 Å². The molecule has 7 rings (SSSR count). The van der Waals surface area contributed by atoms with E-state index in [-0.39, 0.29) is 0 Å². The van der Waals surface area contributed by atoms with E-state index in [9.17, 15) is 0 Å². The summed E-state index contributed by atoms with van der Waals surface area (Å²) in [6.45, 7) is 4.40. The minimum atomic E-state index is 1.27. The van der Waals surface area contributed by atoms with Crippen LogP contribution >= 0.6 is 0 Å². The van der Waals surface area contributed by atoms with Crippen molar-refractivity contribution in [2.45, 2.75) is 13.8 Å². The highest BCUT2D eigenvalue weighted by Gasteiger charge is 2.19. The Labute approximate surface area is 211 Å². The van der Waals surface area contributed by atoms with Crippen molar-refractivity contribution >= 4 is 43.1 Å². The molecule has 0 aromatic heterocycles. The quantitative estimate of drug-likeness (QED) is 0.226. The summed E-state index contributed by atoms with van der Waals surface area (Å²) in [6.07, 6.45) is 0. The molecule has 0 bridgehead atoms. The van der Waals surface area contributed by atoms with Crippen LogP contribution in [0.1, 0.15) is 11.1 Å². The summed E-state index contributed by atoms with van der Waals surface area (Å²) >= 11 is 0. The van der Waals surface area contributed by atoms with Gasteiger partial charge in [0.2, 0.25) is 0 Å². The van der Waals surface area contributed by atoms with Crippen LogP contribution in [0.2, 0.25) is 0 Å². The first-order valence-corrected chi connectivity index (χ1v) is 12.6. The molecule has 170 valence electrons. The standard InChI is InChI=1S/C36H26/c1-23-17-19-31-33(21-23)35(29-15-7-11-25-9-3-5-13-27(25)29)32-20-18-24(2)22-34(32)36(31)30-16-8-12-26-10-4-6-14-28(26)30/h3-22H,1-2H3. The van der Waals surface area contributed by atoms with Crippen LogP contribution in [-0.2, 0) is 0 Å². The summed E-state index contributed by atoms with van der Waals surface area (Å²) in [5, 5.41) is 10.4. The molecule has 0 atom stereocenters. The number of aryl methyl sites for hydroxylation is 2. The maximum atomic E-state index is 2.38. The van der Waals surface area contributed by atoms with Gasteiger partial charge in [-0.05, 0) is 79.2 Å². The van der Waals surface area contributed by atoms with E-state index in [4.69, 9.17) is 0 Å². The summed E-state index contributed by atoms with van der Waals surface area (Å²) in [7, 11) is 0. The lowest BCUT2D eigenvalue weighted by atomic mass is 9.83. The molecule has 7 aromatic carbocycles. The van der Waals surface area contributed by atoms with Crippen LogP contribution in [0, 0.1) is 13.8 Å². The van der Waals surface area contributed by atoms with Gasteiger partial charge in [0, 0.05) is 0 Å². The van der Waals surface area contributed by atoms with E-state index in [1.807, 2.05) is 0 Å². The first kappa shape index (κ1) is 20.9. The van der Waals surface area contributed by atoms with Crippen LogP contribution < -0.4 is 0 Å². The fraction of sp³-hybridized carbons (Fsp3) is 0.0556. The van der Waals surface area contributed by atoms with Crippen molar-refractivity contribution < 1.29 is 0 Å². The van der Waals surface area contributed by atoms with E-state index >= 15 is 0 Å². The van der Waals surface area contributed by atoms with Crippen molar-refractivity contribution in [1.29, 1.82) is 0 Å². The SMILES string of the molecule is Cc1ccc2c(-c3cccc4ccccc34)c3cc(C)ccc3c(-c3cccc4ccccc34)c2c1. The minimum absolute atomic E-state index is 1.27. The molecule has 0 radical (unpaired) electrons. The van der Waals surface area contributed by atoms with Crippen LogP contribution in [0.25, 0.3) is 65.3 Å². The Morgan fingerprint density at radius 1 is 0.333 bits per heavy atom. The van der Waals surface area contributed by atoms with Gasteiger partial charge in [0.05, 0.1) is 0 Å². The molecule has 0 aliphatic carbocycles. The zero-order valence-corrected chi connectivity index (χ0v) is 20.5. The third-order valence-corrected chi connectivity index (χ3v) is 7.55. The largest absolute Gasteiger partial charge is 0.0616 e. The smallest absolute Gasteiger partial charge is 0.00200 e. The Kier molecular flexibility index (Phi) is 4.69. The van der Waals surface area contributed by atoms with Gasteiger partial charge < -0.3 is 0 Å². The van der Waals surface area contributed by atoms with E-state index in [1.54, 1.807) is 0 Å². The molecule has 0 heterocycles. The average Bonchev–Trinajstić information content (AvgIpc) is 2.91. The lowest BCUT2D eigenvalue weighted by Gasteiger charge is -2.20. The molecule has 0 spiro atoms. The fourth-order valence-corrected chi connectivity index (χ4v) is 5.92. The number of benzene rings is 7. The molecule has 0 saturated carbocycles. The van der Waals surface area contributed by atoms with E-state index in [1.165, 1.54) is 76.5 Å². The van der Waals surface area contributed by atoms with Crippen molar-refractivity contribution in [2.24, 2.45) is 0 Å². The number of hydrogen-bond donors (Lipinski definition) is 0.